The van der Waals surface area contributed by atoms with E-state index in [0.717, 1.165) is 34.4 Å². The quantitative estimate of drug-likeness (QED) is 0.243. The van der Waals surface area contributed by atoms with Gasteiger partial charge in [0, 0.05) is 42.8 Å². The van der Waals surface area contributed by atoms with E-state index in [-0.39, 0.29) is 40.4 Å². The first-order valence-electron chi connectivity index (χ1n) is 13.5. The van der Waals surface area contributed by atoms with Crippen molar-refractivity contribution in [2.24, 2.45) is 0 Å². The maximum atomic E-state index is 15.1. The van der Waals surface area contributed by atoms with Gasteiger partial charge in [-0.25, -0.2) is 33.3 Å². The van der Waals surface area contributed by atoms with Gasteiger partial charge in [0.15, 0.2) is 10.9 Å². The van der Waals surface area contributed by atoms with Crippen molar-refractivity contribution in [1.29, 1.82) is 0 Å². The van der Waals surface area contributed by atoms with Gasteiger partial charge in [0.1, 0.15) is 17.3 Å². The fourth-order valence-electron chi connectivity index (χ4n) is 4.67. The van der Waals surface area contributed by atoms with Crippen LogP contribution in [-0.4, -0.2) is 72.2 Å². The number of hydrogen-bond donors (Lipinski definition) is 1. The molecule has 1 aliphatic heterocycles. The van der Waals surface area contributed by atoms with Gasteiger partial charge in [-0.05, 0) is 50.8 Å². The fraction of sp³-hybridized carbons (Fsp3) is 0.276. The van der Waals surface area contributed by atoms with Crippen LogP contribution in [-0.2, 0) is 11.3 Å². The molecule has 3 heterocycles. The molecule has 0 bridgehead atoms. The van der Waals surface area contributed by atoms with Crippen LogP contribution in [0.2, 0.25) is 0 Å². The number of rotatable bonds is 8. The number of para-hydroxylation sites is 1. The maximum Gasteiger partial charge on any atom is 0.472 e. The molecule has 0 saturated heterocycles. The standard InChI is InChI=1S/C29H27F5N8O2S/c1-16-8-9-17(41(25(43)29(32,33)34)28-35-10-13-45-28)14-18(16)22-19-15-36-27(44)42(23-20(30)6-5-7-21(23)31)24(19)38-26(37-22)40(4)12-11-39(2)3/h5-10,13-14H,11-12,15H2,1-4H3,(H,36,44). The van der Waals surface area contributed by atoms with Gasteiger partial charge in [-0.1, -0.05) is 12.1 Å². The summed E-state index contributed by atoms with van der Waals surface area (Å²) < 4.78 is 71.3. The molecule has 0 radical (unpaired) electrons. The Balaban J connectivity index is 1.75. The number of likely N-dealkylation sites (N-methyl/N-ethyl adjacent to an activating group) is 2. The molecule has 0 atom stereocenters. The van der Waals surface area contributed by atoms with E-state index < -0.39 is 35.4 Å². The molecule has 16 heteroatoms. The molecule has 0 spiro atoms. The Bertz CT molecular complexity index is 1730. The predicted molar refractivity (Wildman–Crippen MR) is 160 cm³/mol. The molecule has 10 nitrogen and oxygen atoms in total. The molecule has 236 valence electrons. The topological polar surface area (TPSA) is 97.8 Å². The lowest BCUT2D eigenvalue weighted by molar-refractivity contribution is -0.169. The second kappa shape index (κ2) is 12.4. The number of benzene rings is 2. The Hall–Kier alpha value is -4.70. The summed E-state index contributed by atoms with van der Waals surface area (Å²) in [7, 11) is 5.43. The highest BCUT2D eigenvalue weighted by atomic mass is 32.1. The third-order valence-corrected chi connectivity index (χ3v) is 7.74. The number of carbonyl (C=O) groups is 2. The van der Waals surface area contributed by atoms with Crippen LogP contribution in [0.25, 0.3) is 11.3 Å². The summed E-state index contributed by atoms with van der Waals surface area (Å²) in [6.07, 6.45) is -3.93. The number of anilines is 5. The second-order valence-electron chi connectivity index (χ2n) is 10.4. The summed E-state index contributed by atoms with van der Waals surface area (Å²) in [5, 5.41) is 3.83. The fourth-order valence-corrected chi connectivity index (χ4v) is 5.33. The Labute approximate surface area is 258 Å². The average molecular weight is 647 g/mol. The number of aromatic nitrogens is 3. The first-order chi connectivity index (χ1) is 21.3. The van der Waals surface area contributed by atoms with Crippen LogP contribution in [0, 0.1) is 18.6 Å². The number of alkyl halides is 3. The van der Waals surface area contributed by atoms with E-state index in [1.807, 2.05) is 19.0 Å². The summed E-state index contributed by atoms with van der Waals surface area (Å²) in [5.74, 6) is -4.18. The molecule has 2 aromatic heterocycles. The lowest BCUT2D eigenvalue weighted by Gasteiger charge is -2.32. The van der Waals surface area contributed by atoms with Gasteiger partial charge in [0.2, 0.25) is 5.95 Å². The second-order valence-corrected chi connectivity index (χ2v) is 11.3. The van der Waals surface area contributed by atoms with Crippen LogP contribution in [0.15, 0.2) is 48.0 Å². The molecule has 4 aromatic rings. The minimum Gasteiger partial charge on any atom is -0.343 e. The number of nitrogens with one attached hydrogen (secondary N) is 1. The zero-order valence-electron chi connectivity index (χ0n) is 24.5. The van der Waals surface area contributed by atoms with Gasteiger partial charge < -0.3 is 15.1 Å². The molecule has 1 N–H and O–H groups in total. The molecular formula is C29H27F5N8O2S. The first-order valence-corrected chi connectivity index (χ1v) is 14.4. The molecular weight excluding hydrogens is 619 g/mol. The van der Waals surface area contributed by atoms with Crippen molar-refractivity contribution in [2.75, 3.05) is 48.9 Å². The number of urea groups is 1. The van der Waals surface area contributed by atoms with E-state index >= 15 is 8.78 Å². The number of nitrogens with zero attached hydrogens (tertiary/aromatic N) is 7. The summed E-state index contributed by atoms with van der Waals surface area (Å²) in [4.78, 5) is 43.8. The summed E-state index contributed by atoms with van der Waals surface area (Å²) in [6.45, 7) is 2.54. The predicted octanol–water partition coefficient (Wildman–Crippen LogP) is 5.77. The van der Waals surface area contributed by atoms with Crippen molar-refractivity contribution in [3.63, 3.8) is 0 Å². The normalized spacial score (nSPS) is 13.1. The Morgan fingerprint density at radius 3 is 2.40 bits per heavy atom. The third kappa shape index (κ3) is 6.28. The molecule has 0 unspecified atom stereocenters. The summed E-state index contributed by atoms with van der Waals surface area (Å²) in [6, 6.07) is 6.56. The maximum absolute atomic E-state index is 15.1. The minimum atomic E-state index is -5.21. The van der Waals surface area contributed by atoms with Gasteiger partial charge in [-0.3, -0.25) is 4.79 Å². The monoisotopic (exact) mass is 646 g/mol. The van der Waals surface area contributed by atoms with E-state index in [9.17, 15) is 22.8 Å². The number of thiazole rings is 1. The first kappa shape index (κ1) is 31.7. The largest absolute Gasteiger partial charge is 0.472 e. The van der Waals surface area contributed by atoms with Crippen LogP contribution in [0.5, 0.6) is 0 Å². The number of aryl methyl sites for hydroxylation is 1. The van der Waals surface area contributed by atoms with Gasteiger partial charge in [0.05, 0.1) is 17.9 Å². The van der Waals surface area contributed by atoms with Gasteiger partial charge in [-0.15, -0.1) is 11.3 Å². The van der Waals surface area contributed by atoms with E-state index in [4.69, 9.17) is 4.98 Å². The molecule has 2 aromatic carbocycles. The number of carbonyl (C=O) groups excluding carboxylic acids is 2. The van der Waals surface area contributed by atoms with E-state index in [0.29, 0.717) is 29.1 Å². The van der Waals surface area contributed by atoms with Gasteiger partial charge >= 0.3 is 18.1 Å². The van der Waals surface area contributed by atoms with E-state index in [1.165, 1.54) is 29.8 Å². The number of amides is 3. The highest BCUT2D eigenvalue weighted by molar-refractivity contribution is 7.13. The molecule has 5 rings (SSSR count). The van der Waals surface area contributed by atoms with Crippen LogP contribution in [0.1, 0.15) is 11.1 Å². The molecule has 0 fully saturated rings. The molecule has 1 aliphatic rings. The lowest BCUT2D eigenvalue weighted by atomic mass is 9.99. The third-order valence-electron chi connectivity index (χ3n) is 6.98. The average Bonchev–Trinajstić information content (AvgIpc) is 3.51. The van der Waals surface area contributed by atoms with Crippen molar-refractivity contribution >= 4 is 51.5 Å². The Morgan fingerprint density at radius 2 is 1.78 bits per heavy atom. The number of fused-ring (bicyclic) bond motifs is 1. The zero-order chi connectivity index (χ0) is 32.6. The molecule has 45 heavy (non-hydrogen) atoms. The van der Waals surface area contributed by atoms with Crippen molar-refractivity contribution in [1.82, 2.24) is 25.2 Å². The van der Waals surface area contributed by atoms with E-state index in [1.54, 1.807) is 18.9 Å². The molecule has 0 saturated carbocycles. The Morgan fingerprint density at radius 1 is 1.07 bits per heavy atom. The van der Waals surface area contributed by atoms with Crippen molar-refractivity contribution < 1.29 is 31.5 Å². The molecule has 0 aliphatic carbocycles. The minimum absolute atomic E-state index is 0.0926. The van der Waals surface area contributed by atoms with Crippen molar-refractivity contribution in [3.05, 3.63) is 70.7 Å². The SMILES string of the molecule is Cc1ccc(N(C(=O)C(F)(F)F)c2nccs2)cc1-c1nc(N(C)CCN(C)C)nc2c1CNC(=O)N2c1c(F)cccc1F. The van der Waals surface area contributed by atoms with E-state index in [2.05, 4.69) is 15.3 Å². The summed E-state index contributed by atoms with van der Waals surface area (Å²) in [5.41, 5.74) is 0.505. The number of hydrogen-bond acceptors (Lipinski definition) is 8. The van der Waals surface area contributed by atoms with Crippen LogP contribution in [0.4, 0.5) is 55.0 Å². The smallest absolute Gasteiger partial charge is 0.343 e. The highest BCUT2D eigenvalue weighted by Gasteiger charge is 2.45. The summed E-state index contributed by atoms with van der Waals surface area (Å²) >= 11 is 0.846. The van der Waals surface area contributed by atoms with Crippen LogP contribution >= 0.6 is 11.3 Å². The van der Waals surface area contributed by atoms with Crippen LogP contribution < -0.4 is 20.0 Å². The van der Waals surface area contributed by atoms with Crippen LogP contribution in [0.3, 0.4) is 0 Å². The molecule has 3 amide bonds. The van der Waals surface area contributed by atoms with Gasteiger partial charge in [0.25, 0.3) is 0 Å². The lowest BCUT2D eigenvalue weighted by Crippen LogP contribution is -2.43. The highest BCUT2D eigenvalue weighted by Crippen LogP contribution is 2.41. The van der Waals surface area contributed by atoms with Crippen molar-refractivity contribution in [2.45, 2.75) is 19.6 Å². The number of halogens is 5. The zero-order valence-corrected chi connectivity index (χ0v) is 25.3. The van der Waals surface area contributed by atoms with Crippen molar-refractivity contribution in [3.8, 4) is 11.3 Å². The Kier molecular flexibility index (Phi) is 8.71. The van der Waals surface area contributed by atoms with Gasteiger partial charge in [-0.2, -0.15) is 18.2 Å².